The molecule has 2 aromatic rings. The predicted octanol–water partition coefficient (Wildman–Crippen LogP) is 2.31. The van der Waals surface area contributed by atoms with Crippen molar-refractivity contribution in [1.82, 2.24) is 24.8 Å². The van der Waals surface area contributed by atoms with Gasteiger partial charge >= 0.3 is 0 Å². The van der Waals surface area contributed by atoms with Gasteiger partial charge in [0.25, 0.3) is 0 Å². The van der Waals surface area contributed by atoms with Gasteiger partial charge in [-0.2, -0.15) is 0 Å². The largest absolute Gasteiger partial charge is 0.378 e. The molecular weight excluding hydrogens is 470 g/mol. The van der Waals surface area contributed by atoms with Crippen LogP contribution in [0.3, 0.4) is 0 Å². The van der Waals surface area contributed by atoms with E-state index >= 15 is 0 Å². The zero-order valence-electron chi connectivity index (χ0n) is 21.9. The molecule has 37 heavy (non-hydrogen) atoms. The molecule has 0 aliphatic carbocycles. The second-order valence-corrected chi connectivity index (χ2v) is 9.85. The molecule has 2 N–H and O–H groups in total. The fourth-order valence-corrected chi connectivity index (χ4v) is 4.61. The number of piperazine rings is 1. The van der Waals surface area contributed by atoms with Crippen molar-refractivity contribution in [2.45, 2.75) is 39.7 Å². The maximum absolute atomic E-state index is 12.6. The molecule has 2 aliphatic rings. The Morgan fingerprint density at radius 1 is 1.00 bits per heavy atom. The number of nitrogens with two attached hydrogens (primary N) is 1. The molecule has 10 heteroatoms. The monoisotopic (exact) mass is 507 g/mol. The van der Waals surface area contributed by atoms with Gasteiger partial charge in [-0.3, -0.25) is 14.5 Å². The second-order valence-electron chi connectivity index (χ2n) is 9.85. The van der Waals surface area contributed by atoms with Crippen molar-refractivity contribution in [2.75, 3.05) is 63.1 Å². The summed E-state index contributed by atoms with van der Waals surface area (Å²) in [6.07, 6.45) is 6.50. The van der Waals surface area contributed by atoms with Crippen molar-refractivity contribution in [3.05, 3.63) is 41.7 Å². The van der Waals surface area contributed by atoms with E-state index in [9.17, 15) is 9.59 Å². The van der Waals surface area contributed by atoms with Crippen LogP contribution in [0.2, 0.25) is 0 Å². The van der Waals surface area contributed by atoms with Gasteiger partial charge in [0.1, 0.15) is 5.82 Å². The van der Waals surface area contributed by atoms with E-state index in [4.69, 9.17) is 15.5 Å². The van der Waals surface area contributed by atoms with Crippen LogP contribution < -0.4 is 10.6 Å². The van der Waals surface area contributed by atoms with Gasteiger partial charge < -0.3 is 20.3 Å². The highest BCUT2D eigenvalue weighted by atomic mass is 16.5. The first kappa shape index (κ1) is 26.7. The topological polar surface area (TPSA) is 118 Å². The molecule has 0 saturated carbocycles. The highest BCUT2D eigenvalue weighted by Gasteiger charge is 2.22. The number of nitrogen functional groups attached to an aromatic ring is 1. The summed E-state index contributed by atoms with van der Waals surface area (Å²) >= 11 is 0. The van der Waals surface area contributed by atoms with Crippen LogP contribution in [0.15, 0.2) is 36.2 Å². The van der Waals surface area contributed by atoms with Crippen LogP contribution in [0.4, 0.5) is 11.8 Å². The predicted molar refractivity (Wildman–Crippen MR) is 143 cm³/mol. The number of carbonyl (C=O) groups is 2. The Morgan fingerprint density at radius 2 is 1.70 bits per heavy atom. The van der Waals surface area contributed by atoms with Gasteiger partial charge in [-0.1, -0.05) is 5.57 Å². The second kappa shape index (κ2) is 12.7. The first-order valence-corrected chi connectivity index (χ1v) is 13.0. The van der Waals surface area contributed by atoms with Gasteiger partial charge in [-0.25, -0.2) is 15.0 Å². The molecule has 2 fully saturated rings. The van der Waals surface area contributed by atoms with E-state index < -0.39 is 0 Å². The minimum atomic E-state index is 0.0938. The molecule has 198 valence electrons. The molecule has 0 aromatic carbocycles. The van der Waals surface area contributed by atoms with E-state index in [-0.39, 0.29) is 17.6 Å². The van der Waals surface area contributed by atoms with Gasteiger partial charge in [0.05, 0.1) is 18.9 Å². The number of hydrogen-bond donors (Lipinski definition) is 1. The Morgan fingerprint density at radius 3 is 2.38 bits per heavy atom. The van der Waals surface area contributed by atoms with Crippen LogP contribution >= 0.6 is 0 Å². The lowest BCUT2D eigenvalue weighted by Crippen LogP contribution is -2.48. The number of hydrogen-bond acceptors (Lipinski definition) is 9. The molecule has 0 bridgehead atoms. The number of amides is 1. The number of allylic oxidation sites excluding steroid dienone is 2. The first-order chi connectivity index (χ1) is 17.9. The molecular formula is C27H37N7O3. The van der Waals surface area contributed by atoms with Gasteiger partial charge in [0, 0.05) is 76.6 Å². The summed E-state index contributed by atoms with van der Waals surface area (Å²) in [7, 11) is 0. The summed E-state index contributed by atoms with van der Waals surface area (Å²) in [4.78, 5) is 44.2. The van der Waals surface area contributed by atoms with Crippen LogP contribution in [0.5, 0.6) is 0 Å². The van der Waals surface area contributed by atoms with E-state index in [2.05, 4.69) is 31.9 Å². The summed E-state index contributed by atoms with van der Waals surface area (Å²) in [6, 6.07) is 4.23. The number of ether oxygens (including phenoxy) is 1. The number of morpholine rings is 1. The minimum absolute atomic E-state index is 0.0938. The number of aromatic nitrogens is 3. The molecule has 2 saturated heterocycles. The summed E-state index contributed by atoms with van der Waals surface area (Å²) < 4.78 is 5.52. The highest BCUT2D eigenvalue weighted by Crippen LogP contribution is 2.24. The number of anilines is 2. The molecule has 1 amide bonds. The van der Waals surface area contributed by atoms with Gasteiger partial charge in [-0.15, -0.1) is 0 Å². The van der Waals surface area contributed by atoms with Gasteiger partial charge in [0.2, 0.25) is 11.9 Å². The van der Waals surface area contributed by atoms with Crippen molar-refractivity contribution in [1.29, 1.82) is 0 Å². The Balaban J connectivity index is 1.36. The molecule has 2 aromatic heterocycles. The lowest BCUT2D eigenvalue weighted by Gasteiger charge is -2.35. The molecule has 0 unspecified atom stereocenters. The van der Waals surface area contributed by atoms with E-state index in [1.54, 1.807) is 18.5 Å². The van der Waals surface area contributed by atoms with Crippen molar-refractivity contribution in [3.63, 3.8) is 0 Å². The zero-order valence-corrected chi connectivity index (χ0v) is 21.9. The number of carbonyl (C=O) groups excluding carboxylic acids is 2. The Kier molecular flexibility index (Phi) is 9.19. The van der Waals surface area contributed by atoms with E-state index in [0.29, 0.717) is 45.6 Å². The molecule has 10 nitrogen and oxygen atoms in total. The third-order valence-corrected chi connectivity index (χ3v) is 6.57. The Bertz CT molecular complexity index is 1100. The molecule has 0 atom stereocenters. The maximum Gasteiger partial charge on any atom is 0.222 e. The van der Waals surface area contributed by atoms with Crippen molar-refractivity contribution in [2.24, 2.45) is 0 Å². The van der Waals surface area contributed by atoms with E-state index in [1.165, 1.54) is 0 Å². The van der Waals surface area contributed by atoms with Crippen LogP contribution in [-0.4, -0.2) is 88.9 Å². The quantitative estimate of drug-likeness (QED) is 0.510. The third kappa shape index (κ3) is 7.80. The normalized spacial score (nSPS) is 16.5. The zero-order chi connectivity index (χ0) is 26.2. The molecule has 4 rings (SSSR count). The van der Waals surface area contributed by atoms with Crippen molar-refractivity contribution >= 4 is 23.5 Å². The van der Waals surface area contributed by atoms with E-state index in [0.717, 1.165) is 60.9 Å². The first-order valence-electron chi connectivity index (χ1n) is 13.0. The van der Waals surface area contributed by atoms with Crippen LogP contribution in [0.25, 0.3) is 11.3 Å². The fourth-order valence-electron chi connectivity index (χ4n) is 4.61. The number of nitrogens with zero attached hydrogens (tertiary/aromatic N) is 6. The minimum Gasteiger partial charge on any atom is -0.378 e. The van der Waals surface area contributed by atoms with E-state index in [1.807, 2.05) is 18.7 Å². The van der Waals surface area contributed by atoms with Crippen molar-refractivity contribution < 1.29 is 14.3 Å². The summed E-state index contributed by atoms with van der Waals surface area (Å²) in [5.41, 5.74) is 9.46. The fraction of sp³-hybridized carbons (Fsp3) is 0.519. The van der Waals surface area contributed by atoms with Crippen LogP contribution in [0.1, 0.15) is 38.7 Å². The maximum atomic E-state index is 12.6. The number of ketones is 1. The smallest absolute Gasteiger partial charge is 0.222 e. The molecule has 2 aliphatic heterocycles. The average molecular weight is 508 g/mol. The lowest BCUT2D eigenvalue weighted by molar-refractivity contribution is -0.133. The van der Waals surface area contributed by atoms with Crippen molar-refractivity contribution in [3.8, 4) is 11.3 Å². The SMILES string of the molecule is CC(C)=CC(=O)CCCC(=O)N1CCN(Cc2cc(-c3cnc(N)nc3)nc(N3CCOCC3)c2)CC1. The summed E-state index contributed by atoms with van der Waals surface area (Å²) in [6.45, 7) is 10.6. The highest BCUT2D eigenvalue weighted by molar-refractivity contribution is 5.90. The Hall–Kier alpha value is -3.37. The summed E-state index contributed by atoms with van der Waals surface area (Å²) in [5, 5.41) is 0. The lowest BCUT2D eigenvalue weighted by atomic mass is 10.1. The van der Waals surface area contributed by atoms with Gasteiger partial charge in [-0.05, 0) is 44.0 Å². The molecule has 4 heterocycles. The third-order valence-electron chi connectivity index (χ3n) is 6.57. The van der Waals surface area contributed by atoms with Crippen LogP contribution in [0, 0.1) is 0 Å². The average Bonchev–Trinajstić information content (AvgIpc) is 2.89. The Labute approximate surface area is 218 Å². The molecule has 0 radical (unpaired) electrons. The number of rotatable bonds is 9. The van der Waals surface area contributed by atoms with Gasteiger partial charge in [0.15, 0.2) is 5.78 Å². The standard InChI is InChI=1S/C27H37N7O3/c1-20(2)14-23(35)4-3-5-26(36)34-8-6-32(7-9-34)19-21-15-24(22-17-29-27(28)30-18-22)31-25(16-21)33-10-12-37-13-11-33/h14-18H,3-13,19H2,1-2H3,(H2,28,29,30). The van der Waals surface area contributed by atoms with Crippen LogP contribution in [-0.2, 0) is 20.9 Å². The molecule has 0 spiro atoms. The number of pyridine rings is 1. The summed E-state index contributed by atoms with van der Waals surface area (Å²) in [5.74, 6) is 1.38.